The monoisotopic (exact) mass is 652 g/mol. The van der Waals surface area contributed by atoms with Crippen molar-refractivity contribution >= 4 is 13.3 Å². The van der Waals surface area contributed by atoms with E-state index in [1.807, 2.05) is 91.0 Å². The van der Waals surface area contributed by atoms with Gasteiger partial charge in [-0.3, -0.25) is 13.9 Å². The molecule has 9 heteroatoms. The van der Waals surface area contributed by atoms with Crippen LogP contribution in [0.25, 0.3) is 0 Å². The van der Waals surface area contributed by atoms with Crippen molar-refractivity contribution in [2.75, 3.05) is 18.9 Å². The molecule has 0 radical (unpaired) electrons. The van der Waals surface area contributed by atoms with E-state index in [9.17, 15) is 9.36 Å². The minimum Gasteiger partial charge on any atom is -0.454 e. The van der Waals surface area contributed by atoms with Crippen LogP contribution in [0, 0.1) is 0 Å². The van der Waals surface area contributed by atoms with Crippen molar-refractivity contribution in [1.29, 1.82) is 0 Å². The van der Waals surface area contributed by atoms with Crippen LogP contribution in [0.1, 0.15) is 63.1 Å². The normalized spacial score (nSPS) is 21.6. The average molecular weight is 653 g/mol. The maximum atomic E-state index is 14.3. The van der Waals surface area contributed by atoms with Crippen LogP contribution < -0.4 is 0 Å². The van der Waals surface area contributed by atoms with Crippen LogP contribution in [-0.4, -0.2) is 55.6 Å². The molecule has 0 bridgehead atoms. The third-order valence-corrected chi connectivity index (χ3v) is 10.4. The van der Waals surface area contributed by atoms with E-state index in [-0.39, 0.29) is 19.8 Å². The van der Waals surface area contributed by atoms with Gasteiger partial charge < -0.3 is 23.7 Å². The highest BCUT2D eigenvalue weighted by atomic mass is 31.2. The summed E-state index contributed by atoms with van der Waals surface area (Å²) in [6.45, 7) is 6.50. The Hall–Kier alpha value is -2.84. The summed E-state index contributed by atoms with van der Waals surface area (Å²) in [5, 5.41) is 0. The first kappa shape index (κ1) is 36.0. The fourth-order valence-corrected chi connectivity index (χ4v) is 7.99. The van der Waals surface area contributed by atoms with Crippen LogP contribution in [-0.2, 0) is 57.4 Å². The number of ether oxygens (including phenoxy) is 5. The lowest BCUT2D eigenvalue weighted by molar-refractivity contribution is -0.302. The fourth-order valence-electron chi connectivity index (χ4n) is 5.41. The van der Waals surface area contributed by atoms with Gasteiger partial charge in [0.1, 0.15) is 18.3 Å². The predicted octanol–water partition coefficient (Wildman–Crippen LogP) is 7.93. The van der Waals surface area contributed by atoms with Crippen LogP contribution >= 0.6 is 7.37 Å². The lowest BCUT2D eigenvalue weighted by Gasteiger charge is -2.46. The van der Waals surface area contributed by atoms with Crippen LogP contribution in [0.4, 0.5) is 0 Å². The average Bonchev–Trinajstić information content (AvgIpc) is 3.07. The molecule has 8 nitrogen and oxygen atoms in total. The summed E-state index contributed by atoms with van der Waals surface area (Å²) in [7, 11) is -3.14. The van der Waals surface area contributed by atoms with Gasteiger partial charge in [0, 0.05) is 19.2 Å². The van der Waals surface area contributed by atoms with Gasteiger partial charge in [-0.25, -0.2) is 0 Å². The highest BCUT2D eigenvalue weighted by Crippen LogP contribution is 2.51. The SMILES string of the molecule is CCCCP(=O)(CCCC)O[C@@H]1O[C@H](COCc2ccccc2)[C@@H](OCc2ccccc2)[C@H](OCc2ccccc2)[C@H]1OC(C)=O. The molecule has 4 rings (SSSR count). The second-order valence-electron chi connectivity index (χ2n) is 11.7. The highest BCUT2D eigenvalue weighted by Gasteiger charge is 2.51. The topological polar surface area (TPSA) is 89.5 Å². The van der Waals surface area contributed by atoms with E-state index >= 15 is 0 Å². The Kier molecular flexibility index (Phi) is 14.9. The second kappa shape index (κ2) is 19.1. The largest absolute Gasteiger partial charge is 0.454 e. The molecule has 5 atom stereocenters. The Labute approximate surface area is 274 Å². The molecular weight excluding hydrogens is 603 g/mol. The summed E-state index contributed by atoms with van der Waals surface area (Å²) in [5.41, 5.74) is 2.94. The number of benzene rings is 3. The highest BCUT2D eigenvalue weighted by molar-refractivity contribution is 7.58. The fraction of sp³-hybridized carbons (Fsp3) is 0.486. The Balaban J connectivity index is 1.67. The van der Waals surface area contributed by atoms with Gasteiger partial charge in [0.25, 0.3) is 0 Å². The van der Waals surface area contributed by atoms with Gasteiger partial charge >= 0.3 is 5.97 Å². The van der Waals surface area contributed by atoms with Gasteiger partial charge in [-0.15, -0.1) is 0 Å². The Morgan fingerprint density at radius 1 is 0.696 bits per heavy atom. The maximum absolute atomic E-state index is 14.3. The number of rotatable bonds is 19. The van der Waals surface area contributed by atoms with E-state index in [1.165, 1.54) is 6.92 Å². The molecule has 0 amide bonds. The van der Waals surface area contributed by atoms with Crippen molar-refractivity contribution in [3.8, 4) is 0 Å². The quantitative estimate of drug-likeness (QED) is 0.0953. The smallest absolute Gasteiger partial charge is 0.303 e. The molecule has 1 fully saturated rings. The number of hydrogen-bond donors (Lipinski definition) is 0. The first-order valence-corrected chi connectivity index (χ1v) is 18.4. The molecular formula is C37H49O8P. The molecule has 3 aromatic rings. The predicted molar refractivity (Wildman–Crippen MR) is 179 cm³/mol. The van der Waals surface area contributed by atoms with Crippen LogP contribution in [0.15, 0.2) is 91.0 Å². The van der Waals surface area contributed by atoms with Crippen LogP contribution in [0.3, 0.4) is 0 Å². The second-order valence-corrected chi connectivity index (χ2v) is 14.4. The molecule has 0 aromatic heterocycles. The molecule has 0 N–H and O–H groups in total. The van der Waals surface area contributed by atoms with Crippen molar-refractivity contribution in [2.24, 2.45) is 0 Å². The van der Waals surface area contributed by atoms with E-state index in [0.717, 1.165) is 42.4 Å². The standard InChI is InChI=1S/C37H49O8P/c1-4-6-23-46(39,24-7-5-2)45-37-36(43-29(3)38)35(42-27-32-21-15-10-16-22-32)34(41-26-31-19-13-9-14-20-31)33(44-37)28-40-25-30-17-11-8-12-18-30/h8-22,33-37H,4-7,23-28H2,1-3H3/t33-,34-,35+,36-,37+/m1/s1. The van der Waals surface area contributed by atoms with Gasteiger partial charge in [-0.1, -0.05) is 118 Å². The van der Waals surface area contributed by atoms with E-state index in [0.29, 0.717) is 18.9 Å². The van der Waals surface area contributed by atoms with E-state index < -0.39 is 44.0 Å². The van der Waals surface area contributed by atoms with Gasteiger partial charge in [0.2, 0.25) is 13.7 Å². The molecule has 46 heavy (non-hydrogen) atoms. The van der Waals surface area contributed by atoms with E-state index in [1.54, 1.807) is 0 Å². The van der Waals surface area contributed by atoms with Crippen LogP contribution in [0.2, 0.25) is 0 Å². The molecule has 0 unspecified atom stereocenters. The third kappa shape index (κ3) is 11.4. The summed E-state index contributed by atoms with van der Waals surface area (Å²) in [6, 6.07) is 29.5. The van der Waals surface area contributed by atoms with Crippen LogP contribution in [0.5, 0.6) is 0 Å². The Morgan fingerprint density at radius 3 is 1.65 bits per heavy atom. The summed E-state index contributed by atoms with van der Waals surface area (Å²) >= 11 is 0. The number of esters is 1. The molecule has 3 aromatic carbocycles. The first-order valence-electron chi connectivity index (χ1n) is 16.4. The molecule has 0 aliphatic carbocycles. The zero-order chi connectivity index (χ0) is 32.6. The summed E-state index contributed by atoms with van der Waals surface area (Å²) in [6.07, 6.45) is -0.204. The zero-order valence-electron chi connectivity index (χ0n) is 27.3. The number of hydrogen-bond acceptors (Lipinski definition) is 8. The van der Waals surface area contributed by atoms with E-state index in [2.05, 4.69) is 13.8 Å². The maximum Gasteiger partial charge on any atom is 0.303 e. The number of unbranched alkanes of at least 4 members (excludes halogenated alkanes) is 2. The summed E-state index contributed by atoms with van der Waals surface area (Å²) in [5.74, 6) is -0.520. The van der Waals surface area contributed by atoms with Crippen molar-refractivity contribution in [3.63, 3.8) is 0 Å². The third-order valence-electron chi connectivity index (χ3n) is 7.86. The zero-order valence-corrected chi connectivity index (χ0v) is 28.2. The van der Waals surface area contributed by atoms with Gasteiger partial charge in [0.05, 0.1) is 26.4 Å². The lowest BCUT2D eigenvalue weighted by Crippen LogP contribution is -2.62. The van der Waals surface area contributed by atoms with Gasteiger partial charge in [-0.2, -0.15) is 0 Å². The van der Waals surface area contributed by atoms with Crippen molar-refractivity contribution in [1.82, 2.24) is 0 Å². The molecule has 0 saturated carbocycles. The molecule has 1 aliphatic rings. The molecule has 1 heterocycles. The number of carbonyl (C=O) groups excluding carboxylic acids is 1. The first-order chi connectivity index (χ1) is 22.4. The minimum absolute atomic E-state index is 0.153. The molecule has 1 saturated heterocycles. The molecule has 250 valence electrons. The van der Waals surface area contributed by atoms with Crippen molar-refractivity contribution in [2.45, 2.75) is 97.0 Å². The molecule has 1 aliphatic heterocycles. The Bertz CT molecular complexity index is 1310. The summed E-state index contributed by atoms with van der Waals surface area (Å²) in [4.78, 5) is 12.6. The summed E-state index contributed by atoms with van der Waals surface area (Å²) < 4.78 is 52.5. The van der Waals surface area contributed by atoms with Gasteiger partial charge in [-0.05, 0) is 29.5 Å². The van der Waals surface area contributed by atoms with Gasteiger partial charge in [0.15, 0.2) is 6.10 Å². The van der Waals surface area contributed by atoms with Crippen molar-refractivity contribution < 1.29 is 37.6 Å². The molecule has 0 spiro atoms. The van der Waals surface area contributed by atoms with Crippen molar-refractivity contribution in [3.05, 3.63) is 108 Å². The van der Waals surface area contributed by atoms with E-state index in [4.69, 9.17) is 28.2 Å². The minimum atomic E-state index is -3.14. The Morgan fingerprint density at radius 2 is 1.17 bits per heavy atom. The number of carbonyl (C=O) groups is 1. The lowest BCUT2D eigenvalue weighted by atomic mass is 9.98.